The molecule has 0 bridgehead atoms. The van der Waals surface area contributed by atoms with Crippen molar-refractivity contribution in [2.24, 2.45) is 0 Å². The molecule has 1 N–H and O–H groups in total. The summed E-state index contributed by atoms with van der Waals surface area (Å²) in [4.78, 5) is 18.6. The lowest BCUT2D eigenvalue weighted by Gasteiger charge is -2.09. The molecule has 0 spiro atoms. The summed E-state index contributed by atoms with van der Waals surface area (Å²) in [6.07, 6.45) is 2.11. The third-order valence-electron chi connectivity index (χ3n) is 3.58. The molecule has 6 heteroatoms. The van der Waals surface area contributed by atoms with E-state index in [-0.39, 0.29) is 5.91 Å². The number of methoxy groups -OCH3 is 1. The summed E-state index contributed by atoms with van der Waals surface area (Å²) in [6, 6.07) is 7.86. The van der Waals surface area contributed by atoms with Gasteiger partial charge in [-0.05, 0) is 45.6 Å². The zero-order valence-electron chi connectivity index (χ0n) is 14.5. The van der Waals surface area contributed by atoms with E-state index in [9.17, 15) is 4.79 Å². The van der Waals surface area contributed by atoms with Gasteiger partial charge in [-0.2, -0.15) is 0 Å². The molecule has 0 aliphatic carbocycles. The fraction of sp³-hybridized carbons (Fsp3) is 0.444. The molecule has 0 aliphatic heterocycles. The van der Waals surface area contributed by atoms with Crippen LogP contribution in [0.3, 0.4) is 0 Å². The standard InChI is InChI=1S/C18H25N3O2S/c1-21(2)11-5-10-19-17(22)9-8-15-13-24-18(20-15)14-6-4-7-16(12-14)23-3/h4,6-7,12-13H,5,8-11H2,1-3H3,(H,19,22). The van der Waals surface area contributed by atoms with E-state index < -0.39 is 0 Å². The van der Waals surface area contributed by atoms with Crippen LogP contribution < -0.4 is 10.1 Å². The minimum Gasteiger partial charge on any atom is -0.497 e. The first-order valence-electron chi connectivity index (χ1n) is 8.08. The van der Waals surface area contributed by atoms with Crippen molar-refractivity contribution in [3.05, 3.63) is 35.3 Å². The molecule has 5 nitrogen and oxygen atoms in total. The van der Waals surface area contributed by atoms with Crippen LogP contribution in [0.4, 0.5) is 0 Å². The Hall–Kier alpha value is -1.92. The lowest BCUT2D eigenvalue weighted by Crippen LogP contribution is -2.27. The first-order chi connectivity index (χ1) is 11.6. The Kier molecular flexibility index (Phi) is 7.21. The van der Waals surface area contributed by atoms with Crippen LogP contribution >= 0.6 is 11.3 Å². The Morgan fingerprint density at radius 3 is 2.96 bits per heavy atom. The predicted molar refractivity (Wildman–Crippen MR) is 98.6 cm³/mol. The highest BCUT2D eigenvalue weighted by Crippen LogP contribution is 2.27. The van der Waals surface area contributed by atoms with Crippen LogP contribution in [0, 0.1) is 0 Å². The largest absolute Gasteiger partial charge is 0.497 e. The lowest BCUT2D eigenvalue weighted by molar-refractivity contribution is -0.121. The number of nitrogens with one attached hydrogen (secondary N) is 1. The number of ether oxygens (including phenoxy) is 1. The SMILES string of the molecule is COc1cccc(-c2nc(CCC(=O)NCCCN(C)C)cs2)c1. The van der Waals surface area contributed by atoms with E-state index in [1.807, 2.05) is 43.7 Å². The highest BCUT2D eigenvalue weighted by Gasteiger charge is 2.08. The molecule has 0 saturated heterocycles. The Labute approximate surface area is 147 Å². The number of nitrogens with zero attached hydrogens (tertiary/aromatic N) is 2. The van der Waals surface area contributed by atoms with Gasteiger partial charge >= 0.3 is 0 Å². The number of carbonyl (C=O) groups excluding carboxylic acids is 1. The summed E-state index contributed by atoms with van der Waals surface area (Å²) in [7, 11) is 5.72. The molecule has 130 valence electrons. The van der Waals surface area contributed by atoms with Gasteiger partial charge in [0.1, 0.15) is 10.8 Å². The smallest absolute Gasteiger partial charge is 0.220 e. The van der Waals surface area contributed by atoms with Crippen LogP contribution in [-0.2, 0) is 11.2 Å². The van der Waals surface area contributed by atoms with Crippen molar-refractivity contribution in [2.75, 3.05) is 34.3 Å². The van der Waals surface area contributed by atoms with Gasteiger partial charge in [0.2, 0.25) is 5.91 Å². The van der Waals surface area contributed by atoms with Crippen molar-refractivity contribution in [3.63, 3.8) is 0 Å². The Balaban J connectivity index is 1.80. The average Bonchev–Trinajstić information content (AvgIpc) is 3.06. The number of aromatic nitrogens is 1. The summed E-state index contributed by atoms with van der Waals surface area (Å²) in [5.74, 6) is 0.908. The predicted octanol–water partition coefficient (Wildman–Crippen LogP) is 2.82. The molecule has 1 amide bonds. The second kappa shape index (κ2) is 9.39. The normalized spacial score (nSPS) is 10.8. The molecule has 0 aliphatic rings. The fourth-order valence-corrected chi connectivity index (χ4v) is 3.11. The fourth-order valence-electron chi connectivity index (χ4n) is 2.26. The van der Waals surface area contributed by atoms with Crippen molar-refractivity contribution in [2.45, 2.75) is 19.3 Å². The van der Waals surface area contributed by atoms with Gasteiger partial charge in [0.15, 0.2) is 0 Å². The van der Waals surface area contributed by atoms with Crippen LogP contribution in [0.1, 0.15) is 18.5 Å². The van der Waals surface area contributed by atoms with Crippen molar-refractivity contribution in [1.82, 2.24) is 15.2 Å². The number of amides is 1. The molecular formula is C18H25N3O2S. The third-order valence-corrected chi connectivity index (χ3v) is 4.52. The second-order valence-electron chi connectivity index (χ2n) is 5.88. The molecule has 1 heterocycles. The van der Waals surface area contributed by atoms with E-state index in [1.165, 1.54) is 0 Å². The molecule has 0 atom stereocenters. The maximum absolute atomic E-state index is 11.9. The van der Waals surface area contributed by atoms with Crippen molar-refractivity contribution < 1.29 is 9.53 Å². The summed E-state index contributed by atoms with van der Waals surface area (Å²) >= 11 is 1.59. The molecule has 0 radical (unpaired) electrons. The summed E-state index contributed by atoms with van der Waals surface area (Å²) in [6.45, 7) is 1.71. The molecule has 0 unspecified atom stereocenters. The van der Waals surface area contributed by atoms with Gasteiger partial charge in [0.25, 0.3) is 0 Å². The number of hydrogen-bond acceptors (Lipinski definition) is 5. The number of hydrogen-bond donors (Lipinski definition) is 1. The van der Waals surface area contributed by atoms with E-state index in [4.69, 9.17) is 4.74 Å². The van der Waals surface area contributed by atoms with Gasteiger partial charge in [-0.1, -0.05) is 12.1 Å². The topological polar surface area (TPSA) is 54.5 Å². The number of rotatable bonds is 9. The zero-order valence-corrected chi connectivity index (χ0v) is 15.4. The zero-order chi connectivity index (χ0) is 17.4. The highest BCUT2D eigenvalue weighted by molar-refractivity contribution is 7.13. The minimum atomic E-state index is 0.0877. The number of thiazole rings is 1. The van der Waals surface area contributed by atoms with Crippen molar-refractivity contribution >= 4 is 17.2 Å². The van der Waals surface area contributed by atoms with Gasteiger partial charge < -0.3 is 15.0 Å². The second-order valence-corrected chi connectivity index (χ2v) is 6.74. The van der Waals surface area contributed by atoms with Crippen LogP contribution in [0.25, 0.3) is 10.6 Å². The maximum Gasteiger partial charge on any atom is 0.220 e. The van der Waals surface area contributed by atoms with E-state index >= 15 is 0 Å². The van der Waals surface area contributed by atoms with Gasteiger partial charge in [0, 0.05) is 23.9 Å². The van der Waals surface area contributed by atoms with Crippen LogP contribution in [-0.4, -0.2) is 50.1 Å². The Morgan fingerprint density at radius 2 is 2.21 bits per heavy atom. The first-order valence-corrected chi connectivity index (χ1v) is 8.96. The number of benzene rings is 1. The molecule has 24 heavy (non-hydrogen) atoms. The molecule has 1 aromatic carbocycles. The van der Waals surface area contributed by atoms with Crippen LogP contribution in [0.5, 0.6) is 5.75 Å². The monoisotopic (exact) mass is 347 g/mol. The number of aryl methyl sites for hydroxylation is 1. The molecule has 2 aromatic rings. The summed E-state index contributed by atoms with van der Waals surface area (Å²) < 4.78 is 5.24. The lowest BCUT2D eigenvalue weighted by atomic mass is 10.2. The number of carbonyl (C=O) groups is 1. The summed E-state index contributed by atoms with van der Waals surface area (Å²) in [5, 5.41) is 5.93. The highest BCUT2D eigenvalue weighted by atomic mass is 32.1. The van der Waals surface area contributed by atoms with E-state index in [2.05, 4.69) is 15.2 Å². The molecular weight excluding hydrogens is 322 g/mol. The Morgan fingerprint density at radius 1 is 1.38 bits per heavy atom. The van der Waals surface area contributed by atoms with Gasteiger partial charge in [-0.25, -0.2) is 4.98 Å². The van der Waals surface area contributed by atoms with Gasteiger partial charge in [-0.3, -0.25) is 4.79 Å². The molecule has 0 fully saturated rings. The van der Waals surface area contributed by atoms with Crippen molar-refractivity contribution in [1.29, 1.82) is 0 Å². The van der Waals surface area contributed by atoms with E-state index in [1.54, 1.807) is 18.4 Å². The first kappa shape index (κ1) is 18.4. The third kappa shape index (κ3) is 5.94. The van der Waals surface area contributed by atoms with Crippen molar-refractivity contribution in [3.8, 4) is 16.3 Å². The van der Waals surface area contributed by atoms with Crippen LogP contribution in [0.15, 0.2) is 29.6 Å². The van der Waals surface area contributed by atoms with Gasteiger partial charge in [0.05, 0.1) is 12.8 Å². The minimum absolute atomic E-state index is 0.0877. The summed E-state index contributed by atoms with van der Waals surface area (Å²) in [5.41, 5.74) is 2.00. The molecule has 2 rings (SSSR count). The molecule has 1 aromatic heterocycles. The Bertz CT molecular complexity index is 655. The molecule has 0 saturated carbocycles. The van der Waals surface area contributed by atoms with E-state index in [0.29, 0.717) is 12.8 Å². The van der Waals surface area contributed by atoms with Gasteiger partial charge in [-0.15, -0.1) is 11.3 Å². The van der Waals surface area contributed by atoms with Crippen LogP contribution in [0.2, 0.25) is 0 Å². The quantitative estimate of drug-likeness (QED) is 0.709. The average molecular weight is 347 g/mol. The van der Waals surface area contributed by atoms with E-state index in [0.717, 1.165) is 41.5 Å². The maximum atomic E-state index is 11.9.